The van der Waals surface area contributed by atoms with E-state index < -0.39 is 24.4 Å². The minimum absolute atomic E-state index is 0.0931. The molecule has 0 unspecified atom stereocenters. The molecule has 0 aromatic rings. The van der Waals surface area contributed by atoms with Gasteiger partial charge in [0.1, 0.15) is 18.3 Å². The lowest BCUT2D eigenvalue weighted by Gasteiger charge is -2.18. The molecule has 0 bridgehead atoms. The largest absolute Gasteiger partial charge is 0.389 e. The van der Waals surface area contributed by atoms with Crippen LogP contribution in [0.25, 0.3) is 0 Å². The van der Waals surface area contributed by atoms with Crippen LogP contribution in [0.3, 0.4) is 0 Å². The Balaban J connectivity index is 2.47. The fourth-order valence-electron chi connectivity index (χ4n) is 1.05. The van der Waals surface area contributed by atoms with Crippen LogP contribution in [-0.4, -0.2) is 51.7 Å². The molecule has 3 N–H and O–H groups in total. The van der Waals surface area contributed by atoms with Crippen molar-refractivity contribution in [1.29, 1.82) is 0 Å². The van der Waals surface area contributed by atoms with Gasteiger partial charge in [0.05, 0.1) is 12.7 Å². The van der Waals surface area contributed by atoms with Crippen LogP contribution in [0.15, 0.2) is 0 Å². The molecule has 0 spiro atoms. The average molecular weight is 227 g/mol. The van der Waals surface area contributed by atoms with Crippen LogP contribution in [0.4, 0.5) is 0 Å². The van der Waals surface area contributed by atoms with Gasteiger partial charge in [0, 0.05) is 5.33 Å². The van der Waals surface area contributed by atoms with Gasteiger partial charge in [0.15, 0.2) is 0 Å². The first-order chi connectivity index (χ1) is 5.16. The molecular weight excluding hydrogens is 216 g/mol. The number of hydrogen-bond donors (Lipinski definition) is 3. The van der Waals surface area contributed by atoms with Crippen molar-refractivity contribution in [2.45, 2.75) is 24.4 Å². The quantitative estimate of drug-likeness (QED) is 0.522. The lowest BCUT2D eigenvalue weighted by Crippen LogP contribution is -2.39. The van der Waals surface area contributed by atoms with Crippen LogP contribution in [0, 0.1) is 0 Å². The summed E-state index contributed by atoms with van der Waals surface area (Å²) in [6.07, 6.45) is -3.26. The number of halogens is 1. The summed E-state index contributed by atoms with van der Waals surface area (Å²) >= 11 is 3.05. The Hall–Kier alpha value is 0.320. The number of rotatable bonds is 2. The van der Waals surface area contributed by atoms with E-state index in [4.69, 9.17) is 9.84 Å². The van der Waals surface area contributed by atoms with E-state index in [9.17, 15) is 10.2 Å². The standard InChI is InChI=1S/C6H11BrO4/c7-1-3(8)6-5(10)4(9)2-11-6/h3-6,8-10H,1-2H2/t3-,4+,5-,6+/m1/s1. The van der Waals surface area contributed by atoms with E-state index in [2.05, 4.69) is 15.9 Å². The molecule has 1 aliphatic heterocycles. The first-order valence-electron chi connectivity index (χ1n) is 3.38. The first kappa shape index (κ1) is 9.41. The van der Waals surface area contributed by atoms with E-state index in [1.165, 1.54) is 0 Å². The summed E-state index contributed by atoms with van der Waals surface area (Å²) in [6, 6.07) is 0. The topological polar surface area (TPSA) is 69.9 Å². The summed E-state index contributed by atoms with van der Waals surface area (Å²) in [5.41, 5.74) is 0. The van der Waals surface area contributed by atoms with Crippen LogP contribution in [0.5, 0.6) is 0 Å². The zero-order valence-electron chi connectivity index (χ0n) is 5.85. The van der Waals surface area contributed by atoms with Gasteiger partial charge in [-0.2, -0.15) is 0 Å². The van der Waals surface area contributed by atoms with Gasteiger partial charge in [-0.1, -0.05) is 15.9 Å². The molecule has 1 fully saturated rings. The summed E-state index contributed by atoms with van der Waals surface area (Å²) in [5, 5.41) is 27.8. The van der Waals surface area contributed by atoms with Crippen molar-refractivity contribution in [3.05, 3.63) is 0 Å². The second-order valence-electron chi connectivity index (χ2n) is 2.58. The molecule has 5 heteroatoms. The molecule has 0 aromatic carbocycles. The van der Waals surface area contributed by atoms with E-state index in [1.807, 2.05) is 0 Å². The Morgan fingerprint density at radius 1 is 1.55 bits per heavy atom. The third kappa shape index (κ3) is 1.91. The fourth-order valence-corrected chi connectivity index (χ4v) is 1.42. The summed E-state index contributed by atoms with van der Waals surface area (Å²) in [5.74, 6) is 0. The van der Waals surface area contributed by atoms with Gasteiger partial charge >= 0.3 is 0 Å². The predicted octanol–water partition coefficient (Wildman–Crippen LogP) is -1.14. The maximum absolute atomic E-state index is 9.20. The molecule has 11 heavy (non-hydrogen) atoms. The van der Waals surface area contributed by atoms with Gasteiger partial charge in [0.25, 0.3) is 0 Å². The number of aliphatic hydroxyl groups excluding tert-OH is 3. The highest BCUT2D eigenvalue weighted by molar-refractivity contribution is 9.09. The van der Waals surface area contributed by atoms with Crippen LogP contribution >= 0.6 is 15.9 Å². The van der Waals surface area contributed by atoms with Crippen molar-refractivity contribution in [3.8, 4) is 0 Å². The Bertz CT molecular complexity index is 132. The zero-order valence-corrected chi connectivity index (χ0v) is 7.44. The van der Waals surface area contributed by atoms with E-state index in [0.717, 1.165) is 0 Å². The van der Waals surface area contributed by atoms with Crippen molar-refractivity contribution in [2.75, 3.05) is 11.9 Å². The minimum atomic E-state index is -0.970. The number of hydrogen-bond acceptors (Lipinski definition) is 4. The average Bonchev–Trinajstić information content (AvgIpc) is 2.32. The molecule has 1 aliphatic rings. The first-order valence-corrected chi connectivity index (χ1v) is 4.50. The van der Waals surface area contributed by atoms with Crippen LogP contribution in [0.1, 0.15) is 0 Å². The Morgan fingerprint density at radius 2 is 2.18 bits per heavy atom. The Labute approximate surface area is 72.9 Å². The zero-order chi connectivity index (χ0) is 8.43. The summed E-state index contributed by atoms with van der Waals surface area (Å²) in [7, 11) is 0. The molecular formula is C6H11BrO4. The minimum Gasteiger partial charge on any atom is -0.389 e. The molecule has 0 radical (unpaired) electrons. The summed E-state index contributed by atoms with van der Waals surface area (Å²) in [4.78, 5) is 0. The highest BCUT2D eigenvalue weighted by atomic mass is 79.9. The van der Waals surface area contributed by atoms with Crippen molar-refractivity contribution in [1.82, 2.24) is 0 Å². The van der Waals surface area contributed by atoms with Gasteiger partial charge in [0.2, 0.25) is 0 Å². The monoisotopic (exact) mass is 226 g/mol. The van der Waals surface area contributed by atoms with Gasteiger partial charge in [-0.3, -0.25) is 0 Å². The highest BCUT2D eigenvalue weighted by Crippen LogP contribution is 2.18. The van der Waals surface area contributed by atoms with Gasteiger partial charge in [-0.05, 0) is 0 Å². The molecule has 0 aromatic heterocycles. The third-order valence-electron chi connectivity index (χ3n) is 1.73. The van der Waals surface area contributed by atoms with Gasteiger partial charge in [-0.25, -0.2) is 0 Å². The number of aliphatic hydroxyl groups is 3. The molecule has 1 heterocycles. The summed E-state index contributed by atoms with van der Waals surface area (Å²) < 4.78 is 4.95. The molecule has 1 saturated heterocycles. The van der Waals surface area contributed by atoms with E-state index in [0.29, 0.717) is 5.33 Å². The van der Waals surface area contributed by atoms with Crippen molar-refractivity contribution >= 4 is 15.9 Å². The molecule has 4 atom stereocenters. The molecule has 0 saturated carbocycles. The van der Waals surface area contributed by atoms with Crippen LogP contribution in [0.2, 0.25) is 0 Å². The molecule has 66 valence electrons. The Kier molecular flexibility index (Phi) is 3.27. The highest BCUT2D eigenvalue weighted by Gasteiger charge is 2.38. The van der Waals surface area contributed by atoms with Gasteiger partial charge in [-0.15, -0.1) is 0 Å². The molecule has 0 aliphatic carbocycles. The van der Waals surface area contributed by atoms with Crippen molar-refractivity contribution < 1.29 is 20.1 Å². The van der Waals surface area contributed by atoms with Crippen LogP contribution < -0.4 is 0 Å². The predicted molar refractivity (Wildman–Crippen MR) is 41.6 cm³/mol. The number of ether oxygens (including phenoxy) is 1. The molecule has 0 amide bonds. The molecule has 4 nitrogen and oxygen atoms in total. The summed E-state index contributed by atoms with van der Waals surface area (Å²) in [6.45, 7) is 0.0931. The SMILES string of the molecule is O[C@H]1[C@H]([C@H](O)CBr)OC[C@@H]1O. The maximum atomic E-state index is 9.20. The second-order valence-corrected chi connectivity index (χ2v) is 3.23. The normalized spacial score (nSPS) is 40.9. The Morgan fingerprint density at radius 3 is 2.55 bits per heavy atom. The molecule has 1 rings (SSSR count). The van der Waals surface area contributed by atoms with E-state index in [1.54, 1.807) is 0 Å². The van der Waals surface area contributed by atoms with Crippen LogP contribution in [-0.2, 0) is 4.74 Å². The lowest BCUT2D eigenvalue weighted by atomic mass is 10.1. The second kappa shape index (κ2) is 3.82. The van der Waals surface area contributed by atoms with E-state index in [-0.39, 0.29) is 6.61 Å². The third-order valence-corrected chi connectivity index (χ3v) is 2.39. The van der Waals surface area contributed by atoms with E-state index >= 15 is 0 Å². The van der Waals surface area contributed by atoms with Crippen molar-refractivity contribution in [3.63, 3.8) is 0 Å². The van der Waals surface area contributed by atoms with Crippen molar-refractivity contribution in [2.24, 2.45) is 0 Å². The van der Waals surface area contributed by atoms with Gasteiger partial charge < -0.3 is 20.1 Å². The number of alkyl halides is 1. The lowest BCUT2D eigenvalue weighted by molar-refractivity contribution is -0.0407. The maximum Gasteiger partial charge on any atom is 0.113 e. The fraction of sp³-hybridized carbons (Fsp3) is 1.00. The smallest absolute Gasteiger partial charge is 0.113 e.